The molecule has 2 heterocycles. The molecule has 0 N–H and O–H groups in total. The zero-order valence-electron chi connectivity index (χ0n) is 18.4. The van der Waals surface area contributed by atoms with E-state index >= 15 is 0 Å². The molecule has 0 saturated carbocycles. The van der Waals surface area contributed by atoms with Gasteiger partial charge in [-0.2, -0.15) is 0 Å². The standard InChI is InChI=1S/C25H29N3O3/c1-18-23(25(30)28(26(18)2)21-11-5-4-6-12-21)17-27-14-8-10-20(16-27)24(29)19-9-7-13-22(15-19)31-3/h4-7,9,11-13,15,20H,8,10,14,16-17H2,1-3H3/t20-/m1/s1. The van der Waals surface area contributed by atoms with Gasteiger partial charge in [-0.25, -0.2) is 4.68 Å². The molecule has 0 spiro atoms. The minimum absolute atomic E-state index is 0.00689. The molecule has 1 aromatic heterocycles. The van der Waals surface area contributed by atoms with Crippen molar-refractivity contribution in [3.63, 3.8) is 0 Å². The Morgan fingerprint density at radius 1 is 1.13 bits per heavy atom. The molecule has 0 aliphatic carbocycles. The number of carbonyl (C=O) groups is 1. The number of rotatable bonds is 6. The number of hydrogen-bond acceptors (Lipinski definition) is 4. The molecule has 2 aromatic carbocycles. The third-order valence-corrected chi connectivity index (χ3v) is 6.29. The molecular weight excluding hydrogens is 390 g/mol. The molecule has 1 saturated heterocycles. The summed E-state index contributed by atoms with van der Waals surface area (Å²) < 4.78 is 8.90. The molecule has 31 heavy (non-hydrogen) atoms. The number of para-hydroxylation sites is 1. The van der Waals surface area contributed by atoms with Crippen molar-refractivity contribution in [2.45, 2.75) is 26.3 Å². The second kappa shape index (κ2) is 8.94. The molecule has 1 fully saturated rings. The Bertz CT molecular complexity index is 1130. The van der Waals surface area contributed by atoms with Gasteiger partial charge < -0.3 is 4.74 Å². The average Bonchev–Trinajstić information content (AvgIpc) is 3.02. The zero-order valence-corrected chi connectivity index (χ0v) is 18.4. The largest absolute Gasteiger partial charge is 0.497 e. The summed E-state index contributed by atoms with van der Waals surface area (Å²) in [5, 5.41) is 0. The second-order valence-electron chi connectivity index (χ2n) is 8.21. The molecule has 4 rings (SSSR count). The summed E-state index contributed by atoms with van der Waals surface area (Å²) in [6.45, 7) is 4.09. The summed E-state index contributed by atoms with van der Waals surface area (Å²) in [6, 6.07) is 17.0. The van der Waals surface area contributed by atoms with E-state index in [1.807, 2.05) is 67.2 Å². The highest BCUT2D eigenvalue weighted by Crippen LogP contribution is 2.24. The van der Waals surface area contributed by atoms with Gasteiger partial charge in [-0.1, -0.05) is 30.3 Å². The maximum Gasteiger partial charge on any atom is 0.276 e. The van der Waals surface area contributed by atoms with Crippen molar-refractivity contribution in [1.82, 2.24) is 14.3 Å². The Labute approximate surface area is 182 Å². The molecule has 1 aliphatic heterocycles. The van der Waals surface area contributed by atoms with Crippen LogP contribution >= 0.6 is 0 Å². The first-order valence-electron chi connectivity index (χ1n) is 10.7. The van der Waals surface area contributed by atoms with Crippen LogP contribution < -0.4 is 10.3 Å². The van der Waals surface area contributed by atoms with Crippen molar-refractivity contribution in [2.24, 2.45) is 13.0 Å². The zero-order chi connectivity index (χ0) is 22.0. The highest BCUT2D eigenvalue weighted by atomic mass is 16.5. The van der Waals surface area contributed by atoms with Crippen LogP contribution in [0.15, 0.2) is 59.4 Å². The number of ketones is 1. The lowest BCUT2D eigenvalue weighted by atomic mass is 9.89. The van der Waals surface area contributed by atoms with Crippen molar-refractivity contribution < 1.29 is 9.53 Å². The summed E-state index contributed by atoms with van der Waals surface area (Å²) in [4.78, 5) is 28.6. The van der Waals surface area contributed by atoms with Gasteiger partial charge in [0.15, 0.2) is 5.78 Å². The van der Waals surface area contributed by atoms with Crippen LogP contribution in [0.5, 0.6) is 5.75 Å². The van der Waals surface area contributed by atoms with Gasteiger partial charge in [0.2, 0.25) is 0 Å². The van der Waals surface area contributed by atoms with Crippen molar-refractivity contribution >= 4 is 5.78 Å². The molecule has 0 bridgehead atoms. The number of benzene rings is 2. The predicted molar refractivity (Wildman–Crippen MR) is 121 cm³/mol. The van der Waals surface area contributed by atoms with E-state index in [9.17, 15) is 9.59 Å². The third kappa shape index (κ3) is 4.21. The molecule has 1 atom stereocenters. The number of carbonyl (C=O) groups excluding carboxylic acids is 1. The number of Topliss-reactive ketones (excluding diaryl/α,β-unsaturated/α-hetero) is 1. The lowest BCUT2D eigenvalue weighted by Crippen LogP contribution is -2.39. The first kappa shape index (κ1) is 21.1. The van der Waals surface area contributed by atoms with E-state index < -0.39 is 0 Å². The summed E-state index contributed by atoms with van der Waals surface area (Å²) >= 11 is 0. The number of aromatic nitrogens is 2. The van der Waals surface area contributed by atoms with Crippen LogP contribution in [0.25, 0.3) is 5.69 Å². The van der Waals surface area contributed by atoms with Gasteiger partial charge in [-0.05, 0) is 50.6 Å². The summed E-state index contributed by atoms with van der Waals surface area (Å²) in [7, 11) is 3.52. The van der Waals surface area contributed by atoms with Gasteiger partial charge in [0.1, 0.15) is 5.75 Å². The van der Waals surface area contributed by atoms with Gasteiger partial charge in [-0.15, -0.1) is 0 Å². The van der Waals surface area contributed by atoms with Crippen molar-refractivity contribution in [2.75, 3.05) is 20.2 Å². The summed E-state index contributed by atoms with van der Waals surface area (Å²) in [5.74, 6) is 0.774. The summed E-state index contributed by atoms with van der Waals surface area (Å²) in [6.07, 6.45) is 1.81. The molecule has 1 aliphatic rings. The van der Waals surface area contributed by atoms with Gasteiger partial charge in [0, 0.05) is 37.3 Å². The van der Waals surface area contributed by atoms with Crippen LogP contribution in [-0.4, -0.2) is 40.2 Å². The lowest BCUT2D eigenvalue weighted by molar-refractivity contribution is 0.0810. The molecule has 6 heteroatoms. The second-order valence-corrected chi connectivity index (χ2v) is 8.21. The van der Waals surface area contributed by atoms with E-state index in [2.05, 4.69) is 4.90 Å². The molecular formula is C25H29N3O3. The van der Waals surface area contributed by atoms with Crippen molar-refractivity contribution in [3.05, 3.63) is 81.8 Å². The fraction of sp³-hybridized carbons (Fsp3) is 0.360. The van der Waals surface area contributed by atoms with Crippen LogP contribution in [0.4, 0.5) is 0 Å². The van der Waals surface area contributed by atoms with E-state index in [0.717, 1.165) is 36.3 Å². The van der Waals surface area contributed by atoms with Crippen LogP contribution in [-0.2, 0) is 13.6 Å². The van der Waals surface area contributed by atoms with E-state index in [4.69, 9.17) is 4.74 Å². The maximum absolute atomic E-state index is 13.2. The Morgan fingerprint density at radius 2 is 1.90 bits per heavy atom. The topological polar surface area (TPSA) is 56.5 Å². The van der Waals surface area contributed by atoms with Gasteiger partial charge in [-0.3, -0.25) is 19.2 Å². The minimum Gasteiger partial charge on any atom is -0.497 e. The van der Waals surface area contributed by atoms with Crippen LogP contribution in [0.1, 0.15) is 34.5 Å². The van der Waals surface area contributed by atoms with Gasteiger partial charge in [0.25, 0.3) is 5.56 Å². The monoisotopic (exact) mass is 419 g/mol. The lowest BCUT2D eigenvalue weighted by Gasteiger charge is -2.31. The Kier molecular flexibility index (Phi) is 6.09. The van der Waals surface area contributed by atoms with E-state index in [1.165, 1.54) is 0 Å². The van der Waals surface area contributed by atoms with E-state index in [1.54, 1.807) is 17.9 Å². The number of methoxy groups -OCH3 is 1. The molecule has 3 aromatic rings. The normalized spacial score (nSPS) is 16.9. The SMILES string of the molecule is COc1cccc(C(=O)[C@@H]2CCCN(Cc3c(C)n(C)n(-c4ccccc4)c3=O)C2)c1. The van der Waals surface area contributed by atoms with Crippen LogP contribution in [0.2, 0.25) is 0 Å². The minimum atomic E-state index is -0.0683. The summed E-state index contributed by atoms with van der Waals surface area (Å²) in [5.41, 5.74) is 3.30. The van der Waals surface area contributed by atoms with Crippen LogP contribution in [0, 0.1) is 12.8 Å². The molecule has 0 unspecified atom stereocenters. The fourth-order valence-corrected chi connectivity index (χ4v) is 4.45. The van der Waals surface area contributed by atoms with Crippen molar-refractivity contribution in [1.29, 1.82) is 0 Å². The molecule has 6 nitrogen and oxygen atoms in total. The van der Waals surface area contributed by atoms with Gasteiger partial charge in [0.05, 0.1) is 18.4 Å². The van der Waals surface area contributed by atoms with Crippen molar-refractivity contribution in [3.8, 4) is 11.4 Å². The number of hydrogen-bond donors (Lipinski definition) is 0. The third-order valence-electron chi connectivity index (χ3n) is 6.29. The maximum atomic E-state index is 13.2. The highest BCUT2D eigenvalue weighted by Gasteiger charge is 2.28. The fourth-order valence-electron chi connectivity index (χ4n) is 4.45. The Morgan fingerprint density at radius 3 is 2.65 bits per heavy atom. The van der Waals surface area contributed by atoms with Crippen LogP contribution in [0.3, 0.4) is 0 Å². The first-order valence-corrected chi connectivity index (χ1v) is 10.7. The smallest absolute Gasteiger partial charge is 0.276 e. The van der Waals surface area contributed by atoms with Gasteiger partial charge >= 0.3 is 0 Å². The first-order chi connectivity index (χ1) is 15.0. The number of nitrogens with zero attached hydrogens (tertiary/aromatic N) is 3. The number of likely N-dealkylation sites (tertiary alicyclic amines) is 1. The quantitative estimate of drug-likeness (QED) is 0.573. The van der Waals surface area contributed by atoms with E-state index in [0.29, 0.717) is 24.4 Å². The Balaban J connectivity index is 1.54. The predicted octanol–water partition coefficient (Wildman–Crippen LogP) is 3.59. The Hall–Kier alpha value is -3.12. The number of piperidine rings is 1. The van der Waals surface area contributed by atoms with E-state index in [-0.39, 0.29) is 17.3 Å². The number of ether oxygens (including phenoxy) is 1. The molecule has 0 amide bonds. The molecule has 162 valence electrons. The molecule has 0 radical (unpaired) electrons. The average molecular weight is 420 g/mol. The highest BCUT2D eigenvalue weighted by molar-refractivity contribution is 5.98.